The molecule has 172 valence electrons. The van der Waals surface area contributed by atoms with Gasteiger partial charge in [-0.3, -0.25) is 9.69 Å². The first-order valence-corrected chi connectivity index (χ1v) is 13.1. The largest absolute Gasteiger partial charge is 0.348 e. The molecule has 0 bridgehead atoms. The lowest BCUT2D eigenvalue weighted by molar-refractivity contribution is 0.0951. The Morgan fingerprint density at radius 3 is 2.19 bits per heavy atom. The number of carbonyl (C=O) groups excluding carboxylic acids is 1. The number of rotatable bonds is 7. The van der Waals surface area contributed by atoms with Gasteiger partial charge >= 0.3 is 0 Å². The second-order valence-electron chi connectivity index (χ2n) is 8.59. The smallest absolute Gasteiger partial charge is 0.253 e. The number of halogens is 1. The van der Waals surface area contributed by atoms with Gasteiger partial charge in [-0.15, -0.1) is 0 Å². The number of benzene rings is 2. The molecule has 6 nitrogen and oxygen atoms in total. The zero-order valence-corrected chi connectivity index (χ0v) is 19.8. The average molecular weight is 476 g/mol. The molecule has 4 rings (SSSR count). The van der Waals surface area contributed by atoms with E-state index in [9.17, 15) is 13.2 Å². The van der Waals surface area contributed by atoms with E-state index in [1.54, 1.807) is 0 Å². The van der Waals surface area contributed by atoms with Gasteiger partial charge in [0.2, 0.25) is 10.0 Å². The van der Waals surface area contributed by atoms with E-state index in [2.05, 4.69) is 22.3 Å². The van der Waals surface area contributed by atoms with Crippen molar-refractivity contribution in [2.75, 3.05) is 26.2 Å². The summed E-state index contributed by atoms with van der Waals surface area (Å²) in [6.45, 7) is 4.65. The highest BCUT2D eigenvalue weighted by molar-refractivity contribution is 7.89. The third kappa shape index (κ3) is 5.52. The molecular weight excluding hydrogens is 446 g/mol. The van der Waals surface area contributed by atoms with Crippen molar-refractivity contribution in [1.82, 2.24) is 14.5 Å². The van der Waals surface area contributed by atoms with Crippen LogP contribution in [-0.2, 0) is 23.1 Å². The maximum absolute atomic E-state index is 12.8. The van der Waals surface area contributed by atoms with E-state index in [0.717, 1.165) is 38.0 Å². The Balaban J connectivity index is 1.38. The first-order chi connectivity index (χ1) is 15.4. The first-order valence-electron chi connectivity index (χ1n) is 11.3. The number of nitrogens with one attached hydrogen (secondary N) is 1. The molecule has 2 aromatic carbocycles. The van der Waals surface area contributed by atoms with E-state index in [0.29, 0.717) is 19.6 Å². The molecule has 0 spiro atoms. The fourth-order valence-corrected chi connectivity index (χ4v) is 6.08. The Kier molecular flexibility index (Phi) is 7.51. The van der Waals surface area contributed by atoms with E-state index in [4.69, 9.17) is 11.6 Å². The molecule has 0 aromatic heterocycles. The van der Waals surface area contributed by atoms with E-state index in [1.807, 2.05) is 12.1 Å². The molecule has 2 aliphatic heterocycles. The number of amides is 1. The summed E-state index contributed by atoms with van der Waals surface area (Å²) in [5.41, 5.74) is 2.43. The second kappa shape index (κ2) is 10.3. The average Bonchev–Trinajstić information content (AvgIpc) is 3.35. The molecule has 0 unspecified atom stereocenters. The lowest BCUT2D eigenvalue weighted by Crippen LogP contribution is -2.29. The zero-order valence-electron chi connectivity index (χ0n) is 18.2. The molecule has 0 aliphatic carbocycles. The molecule has 2 aliphatic rings. The first kappa shape index (κ1) is 23.2. The SMILES string of the molecule is O=C(NCc1ccc(CN2CCCCC2)cc1)c1cc(S(=O)(=O)N2CCCC2)ccc1Cl. The minimum absolute atomic E-state index is 0.107. The monoisotopic (exact) mass is 475 g/mol. The van der Waals surface area contributed by atoms with Crippen molar-refractivity contribution >= 4 is 27.5 Å². The van der Waals surface area contributed by atoms with E-state index >= 15 is 0 Å². The number of likely N-dealkylation sites (tertiary alicyclic amines) is 1. The second-order valence-corrected chi connectivity index (χ2v) is 10.9. The predicted molar refractivity (Wildman–Crippen MR) is 126 cm³/mol. The maximum Gasteiger partial charge on any atom is 0.253 e. The van der Waals surface area contributed by atoms with Crippen LogP contribution in [0, 0.1) is 0 Å². The Labute approximate surface area is 195 Å². The molecule has 0 radical (unpaired) electrons. The third-order valence-electron chi connectivity index (χ3n) is 6.22. The van der Waals surface area contributed by atoms with Crippen LogP contribution in [-0.4, -0.2) is 49.7 Å². The molecule has 0 atom stereocenters. The lowest BCUT2D eigenvalue weighted by Gasteiger charge is -2.26. The minimum atomic E-state index is -3.61. The van der Waals surface area contributed by atoms with Crippen LogP contribution in [0.4, 0.5) is 0 Å². The van der Waals surface area contributed by atoms with Crippen LogP contribution in [0.5, 0.6) is 0 Å². The number of piperidine rings is 1. The van der Waals surface area contributed by atoms with Gasteiger partial charge in [0, 0.05) is 26.2 Å². The fraction of sp³-hybridized carbons (Fsp3) is 0.458. The predicted octanol–water partition coefficient (Wildman–Crippen LogP) is 4.04. The Morgan fingerprint density at radius 1 is 0.875 bits per heavy atom. The molecule has 8 heteroatoms. The summed E-state index contributed by atoms with van der Waals surface area (Å²) in [4.78, 5) is 15.3. The van der Waals surface area contributed by atoms with E-state index in [-0.39, 0.29) is 21.4 Å². The standard InChI is InChI=1S/C24H30ClN3O3S/c25-23-11-10-21(32(30,31)28-14-4-5-15-28)16-22(23)24(29)26-17-19-6-8-20(9-7-19)18-27-12-2-1-3-13-27/h6-11,16H,1-5,12-15,17-18H2,(H,26,29). The van der Waals surface area contributed by atoms with Crippen molar-refractivity contribution in [2.24, 2.45) is 0 Å². The van der Waals surface area contributed by atoms with Crippen LogP contribution in [0.3, 0.4) is 0 Å². The van der Waals surface area contributed by atoms with Gasteiger partial charge < -0.3 is 5.32 Å². The molecule has 1 amide bonds. The van der Waals surface area contributed by atoms with Crippen molar-refractivity contribution < 1.29 is 13.2 Å². The number of nitrogens with zero attached hydrogens (tertiary/aromatic N) is 2. The van der Waals surface area contributed by atoms with Gasteiger partial charge in [-0.05, 0) is 68.1 Å². The highest BCUT2D eigenvalue weighted by atomic mass is 35.5. The summed E-state index contributed by atoms with van der Waals surface area (Å²) in [7, 11) is -3.61. The zero-order chi connectivity index (χ0) is 22.6. The van der Waals surface area contributed by atoms with E-state index < -0.39 is 10.0 Å². The van der Waals surface area contributed by atoms with Crippen molar-refractivity contribution in [3.63, 3.8) is 0 Å². The molecular formula is C24H30ClN3O3S. The number of hydrogen-bond donors (Lipinski definition) is 1. The maximum atomic E-state index is 12.8. The molecule has 1 N–H and O–H groups in total. The summed E-state index contributed by atoms with van der Waals surface area (Å²) >= 11 is 6.22. The van der Waals surface area contributed by atoms with Crippen LogP contribution in [0.1, 0.15) is 53.6 Å². The highest BCUT2D eigenvalue weighted by Gasteiger charge is 2.28. The van der Waals surface area contributed by atoms with Gasteiger partial charge in [-0.1, -0.05) is 42.3 Å². The fourth-order valence-electron chi connectivity index (χ4n) is 4.33. The molecule has 2 fully saturated rings. The van der Waals surface area contributed by atoms with Crippen LogP contribution < -0.4 is 5.32 Å². The van der Waals surface area contributed by atoms with Gasteiger partial charge in [-0.2, -0.15) is 4.31 Å². The molecule has 2 heterocycles. The molecule has 0 saturated carbocycles. The summed E-state index contributed by atoms with van der Waals surface area (Å²) in [6, 6.07) is 12.6. The minimum Gasteiger partial charge on any atom is -0.348 e. The molecule has 2 aromatic rings. The third-order valence-corrected chi connectivity index (χ3v) is 8.44. The number of sulfonamides is 1. The van der Waals surface area contributed by atoms with Crippen LogP contribution >= 0.6 is 11.6 Å². The van der Waals surface area contributed by atoms with Crippen molar-refractivity contribution in [3.05, 3.63) is 64.2 Å². The quantitative estimate of drug-likeness (QED) is 0.656. The number of hydrogen-bond acceptors (Lipinski definition) is 4. The normalized spacial score (nSPS) is 18.0. The van der Waals surface area contributed by atoms with Crippen molar-refractivity contribution in [3.8, 4) is 0 Å². The van der Waals surface area contributed by atoms with E-state index in [1.165, 1.54) is 47.3 Å². The Morgan fingerprint density at radius 2 is 1.50 bits per heavy atom. The summed E-state index contributed by atoms with van der Waals surface area (Å²) in [5.74, 6) is -0.383. The van der Waals surface area contributed by atoms with Crippen LogP contribution in [0.15, 0.2) is 47.4 Å². The molecule has 2 saturated heterocycles. The van der Waals surface area contributed by atoms with Crippen LogP contribution in [0.25, 0.3) is 0 Å². The Bertz CT molecular complexity index is 1040. The van der Waals surface area contributed by atoms with Gasteiger partial charge in [0.25, 0.3) is 5.91 Å². The van der Waals surface area contributed by atoms with Gasteiger partial charge in [0.15, 0.2) is 0 Å². The van der Waals surface area contributed by atoms with Gasteiger partial charge in [0.1, 0.15) is 0 Å². The van der Waals surface area contributed by atoms with Crippen molar-refractivity contribution in [2.45, 2.75) is 50.1 Å². The summed E-state index contributed by atoms with van der Waals surface area (Å²) in [6.07, 6.45) is 5.58. The topological polar surface area (TPSA) is 69.7 Å². The highest BCUT2D eigenvalue weighted by Crippen LogP contribution is 2.25. The number of carbonyl (C=O) groups is 1. The van der Waals surface area contributed by atoms with Gasteiger partial charge in [0.05, 0.1) is 15.5 Å². The summed E-state index contributed by atoms with van der Waals surface area (Å²) < 4.78 is 27.1. The van der Waals surface area contributed by atoms with Gasteiger partial charge in [-0.25, -0.2) is 8.42 Å². The summed E-state index contributed by atoms with van der Waals surface area (Å²) in [5, 5.41) is 3.10. The molecule has 32 heavy (non-hydrogen) atoms. The Hall–Kier alpha value is -1.93. The van der Waals surface area contributed by atoms with Crippen LogP contribution in [0.2, 0.25) is 5.02 Å². The lowest BCUT2D eigenvalue weighted by atomic mass is 10.1. The van der Waals surface area contributed by atoms with Crippen molar-refractivity contribution in [1.29, 1.82) is 0 Å².